The first-order valence-corrected chi connectivity index (χ1v) is 7.23. The lowest BCUT2D eigenvalue weighted by Crippen LogP contribution is -2.61. The van der Waals surface area contributed by atoms with Crippen molar-refractivity contribution < 1.29 is 9.53 Å². The van der Waals surface area contributed by atoms with Gasteiger partial charge in [-0.2, -0.15) is 0 Å². The number of carbonyl (C=O) groups excluding carboxylic acids is 1. The van der Waals surface area contributed by atoms with E-state index in [0.29, 0.717) is 0 Å². The summed E-state index contributed by atoms with van der Waals surface area (Å²) in [6.07, 6.45) is 2.16. The molecule has 0 saturated heterocycles. The predicted octanol–water partition coefficient (Wildman–Crippen LogP) is 2.20. The lowest BCUT2D eigenvalue weighted by molar-refractivity contribution is -0.0942. The van der Waals surface area contributed by atoms with Crippen molar-refractivity contribution in [3.05, 3.63) is 29.3 Å². The molecule has 0 spiro atoms. The summed E-state index contributed by atoms with van der Waals surface area (Å²) >= 11 is 0. The third-order valence-corrected chi connectivity index (χ3v) is 4.85. The van der Waals surface area contributed by atoms with E-state index in [9.17, 15) is 4.79 Å². The minimum Gasteiger partial charge on any atom is -0.384 e. The van der Waals surface area contributed by atoms with E-state index in [-0.39, 0.29) is 23.5 Å². The van der Waals surface area contributed by atoms with E-state index in [1.807, 2.05) is 18.2 Å². The van der Waals surface area contributed by atoms with Crippen molar-refractivity contribution in [3.8, 4) is 0 Å². The number of hydrogen-bond acceptors (Lipinski definition) is 3. The first kappa shape index (κ1) is 13.4. The lowest BCUT2D eigenvalue weighted by Gasteiger charge is -2.51. The van der Waals surface area contributed by atoms with Gasteiger partial charge < -0.3 is 15.4 Å². The van der Waals surface area contributed by atoms with Crippen LogP contribution in [-0.2, 0) is 11.2 Å². The van der Waals surface area contributed by atoms with Crippen molar-refractivity contribution in [2.24, 2.45) is 5.41 Å². The Bertz CT molecular complexity index is 539. The van der Waals surface area contributed by atoms with Crippen molar-refractivity contribution in [1.29, 1.82) is 0 Å². The molecule has 1 fully saturated rings. The molecule has 1 amide bonds. The molecule has 0 aromatic heterocycles. The molecule has 2 unspecified atom stereocenters. The number of anilines is 1. The number of methoxy groups -OCH3 is 1. The highest BCUT2D eigenvalue weighted by molar-refractivity contribution is 5.95. The highest BCUT2D eigenvalue weighted by Gasteiger charge is 2.49. The SMILES string of the molecule is COC1CC(NC(=O)c2ccc3c(c2)NCC3)C1(C)C. The highest BCUT2D eigenvalue weighted by atomic mass is 16.5. The second-order valence-corrected chi connectivity index (χ2v) is 6.36. The minimum atomic E-state index is -0.000607. The summed E-state index contributed by atoms with van der Waals surface area (Å²) in [5, 5.41) is 6.44. The number of ether oxygens (including phenoxy) is 1. The third kappa shape index (κ3) is 2.08. The maximum Gasteiger partial charge on any atom is 0.251 e. The lowest BCUT2D eigenvalue weighted by atomic mass is 9.64. The Balaban J connectivity index is 1.69. The Morgan fingerprint density at radius 3 is 2.95 bits per heavy atom. The van der Waals surface area contributed by atoms with Gasteiger partial charge in [-0.05, 0) is 30.5 Å². The molecule has 20 heavy (non-hydrogen) atoms. The number of amides is 1. The second-order valence-electron chi connectivity index (χ2n) is 6.36. The fourth-order valence-electron chi connectivity index (χ4n) is 3.20. The first-order valence-electron chi connectivity index (χ1n) is 7.23. The predicted molar refractivity (Wildman–Crippen MR) is 79.1 cm³/mol. The van der Waals surface area contributed by atoms with Crippen LogP contribution in [0.25, 0.3) is 0 Å². The molecular weight excluding hydrogens is 252 g/mol. The molecule has 1 aromatic carbocycles. The van der Waals surface area contributed by atoms with Gasteiger partial charge in [0.25, 0.3) is 5.91 Å². The number of rotatable bonds is 3. The normalized spacial score (nSPS) is 26.4. The quantitative estimate of drug-likeness (QED) is 0.888. The van der Waals surface area contributed by atoms with Crippen LogP contribution in [0.5, 0.6) is 0 Å². The Morgan fingerprint density at radius 1 is 1.45 bits per heavy atom. The number of fused-ring (bicyclic) bond motifs is 1. The van der Waals surface area contributed by atoms with Crippen LogP contribution in [0.3, 0.4) is 0 Å². The van der Waals surface area contributed by atoms with E-state index in [4.69, 9.17) is 4.74 Å². The van der Waals surface area contributed by atoms with E-state index < -0.39 is 0 Å². The average molecular weight is 274 g/mol. The molecular formula is C16H22N2O2. The summed E-state index contributed by atoms with van der Waals surface area (Å²) in [6, 6.07) is 6.10. The Kier molecular flexibility index (Phi) is 3.21. The van der Waals surface area contributed by atoms with Gasteiger partial charge in [0.05, 0.1) is 6.10 Å². The summed E-state index contributed by atoms with van der Waals surface area (Å²) in [4.78, 5) is 12.4. The zero-order chi connectivity index (χ0) is 14.3. The number of benzene rings is 1. The maximum atomic E-state index is 12.4. The van der Waals surface area contributed by atoms with Gasteiger partial charge in [-0.1, -0.05) is 19.9 Å². The van der Waals surface area contributed by atoms with Crippen LogP contribution in [0.2, 0.25) is 0 Å². The zero-order valence-electron chi connectivity index (χ0n) is 12.3. The summed E-state index contributed by atoms with van der Waals surface area (Å²) in [7, 11) is 1.73. The smallest absolute Gasteiger partial charge is 0.251 e. The van der Waals surface area contributed by atoms with Gasteiger partial charge in [0.15, 0.2) is 0 Å². The van der Waals surface area contributed by atoms with Crippen molar-refractivity contribution in [2.75, 3.05) is 19.0 Å². The number of carbonyl (C=O) groups is 1. The van der Waals surface area contributed by atoms with Gasteiger partial charge in [0.1, 0.15) is 0 Å². The second kappa shape index (κ2) is 4.77. The monoisotopic (exact) mass is 274 g/mol. The fourth-order valence-corrected chi connectivity index (χ4v) is 3.20. The van der Waals surface area contributed by atoms with Gasteiger partial charge >= 0.3 is 0 Å². The average Bonchev–Trinajstić information content (AvgIpc) is 2.89. The molecule has 4 nitrogen and oxygen atoms in total. The molecule has 2 aliphatic rings. The first-order chi connectivity index (χ1) is 9.52. The summed E-state index contributed by atoms with van der Waals surface area (Å²) in [5.74, 6) is 0.00845. The van der Waals surface area contributed by atoms with Crippen LogP contribution in [0, 0.1) is 5.41 Å². The molecule has 1 saturated carbocycles. The molecule has 2 N–H and O–H groups in total. The van der Waals surface area contributed by atoms with Crippen LogP contribution in [-0.4, -0.2) is 31.7 Å². The van der Waals surface area contributed by atoms with Gasteiger partial charge in [-0.3, -0.25) is 4.79 Å². The fraction of sp³-hybridized carbons (Fsp3) is 0.562. The molecule has 1 heterocycles. The van der Waals surface area contributed by atoms with E-state index in [2.05, 4.69) is 24.5 Å². The summed E-state index contributed by atoms with van der Waals surface area (Å²) in [6.45, 7) is 5.24. The minimum absolute atomic E-state index is 0.000607. The van der Waals surface area contributed by atoms with Crippen LogP contribution in [0.15, 0.2) is 18.2 Å². The number of hydrogen-bond donors (Lipinski definition) is 2. The van der Waals surface area contributed by atoms with Crippen molar-refractivity contribution in [3.63, 3.8) is 0 Å². The molecule has 1 aliphatic heterocycles. The van der Waals surface area contributed by atoms with E-state index >= 15 is 0 Å². The molecule has 1 aliphatic carbocycles. The van der Waals surface area contributed by atoms with Crippen molar-refractivity contribution >= 4 is 11.6 Å². The van der Waals surface area contributed by atoms with Crippen LogP contribution in [0.1, 0.15) is 36.2 Å². The van der Waals surface area contributed by atoms with Gasteiger partial charge in [0, 0.05) is 36.4 Å². The van der Waals surface area contributed by atoms with Crippen LogP contribution >= 0.6 is 0 Å². The van der Waals surface area contributed by atoms with E-state index in [1.165, 1.54) is 5.56 Å². The Morgan fingerprint density at radius 2 is 2.25 bits per heavy atom. The molecule has 108 valence electrons. The topological polar surface area (TPSA) is 50.4 Å². The van der Waals surface area contributed by atoms with Gasteiger partial charge in [0.2, 0.25) is 0 Å². The zero-order valence-corrected chi connectivity index (χ0v) is 12.3. The molecule has 4 heteroatoms. The van der Waals surface area contributed by atoms with Crippen LogP contribution < -0.4 is 10.6 Å². The summed E-state index contributed by atoms with van der Waals surface area (Å²) in [5.41, 5.74) is 3.12. The maximum absolute atomic E-state index is 12.4. The molecule has 2 atom stereocenters. The van der Waals surface area contributed by atoms with Crippen molar-refractivity contribution in [1.82, 2.24) is 5.32 Å². The number of nitrogens with one attached hydrogen (secondary N) is 2. The molecule has 1 aromatic rings. The highest BCUT2D eigenvalue weighted by Crippen LogP contribution is 2.42. The van der Waals surface area contributed by atoms with Crippen LogP contribution in [0.4, 0.5) is 5.69 Å². The third-order valence-electron chi connectivity index (χ3n) is 4.85. The molecule has 3 rings (SSSR count). The van der Waals surface area contributed by atoms with Gasteiger partial charge in [-0.15, -0.1) is 0 Å². The molecule has 0 radical (unpaired) electrons. The standard InChI is InChI=1S/C16H22N2O2/c1-16(2)13(9-14(16)20-3)18-15(19)11-5-4-10-6-7-17-12(10)8-11/h4-5,8,13-14,17H,6-7,9H2,1-3H3,(H,18,19). The van der Waals surface area contributed by atoms with Gasteiger partial charge in [-0.25, -0.2) is 0 Å². The van der Waals surface area contributed by atoms with E-state index in [0.717, 1.165) is 30.6 Å². The Hall–Kier alpha value is -1.55. The Labute approximate surface area is 119 Å². The molecule has 0 bridgehead atoms. The van der Waals surface area contributed by atoms with E-state index in [1.54, 1.807) is 7.11 Å². The van der Waals surface area contributed by atoms with Crippen molar-refractivity contribution in [2.45, 2.75) is 38.8 Å². The summed E-state index contributed by atoms with van der Waals surface area (Å²) < 4.78 is 5.42. The largest absolute Gasteiger partial charge is 0.384 e.